The monoisotopic (exact) mass is 276 g/mol. The zero-order valence-corrected chi connectivity index (χ0v) is 12.5. The Labute approximate surface area is 118 Å². The number of aromatic nitrogens is 3. The van der Waals surface area contributed by atoms with E-state index >= 15 is 0 Å². The maximum atomic E-state index is 4.47. The Kier molecular flexibility index (Phi) is 4.99. The van der Waals surface area contributed by atoms with Gasteiger partial charge in [0.05, 0.1) is 0 Å². The van der Waals surface area contributed by atoms with Crippen LogP contribution >= 0.6 is 11.3 Å². The number of hydrogen-bond acceptors (Lipinski definition) is 5. The minimum Gasteiger partial charge on any atom is -0.317 e. The summed E-state index contributed by atoms with van der Waals surface area (Å²) >= 11 is 1.67. The first-order chi connectivity index (χ1) is 9.20. The molecule has 0 aromatic carbocycles. The lowest BCUT2D eigenvalue weighted by molar-refractivity contribution is 0.669. The largest absolute Gasteiger partial charge is 0.317 e. The van der Waals surface area contributed by atoms with Gasteiger partial charge in [0.1, 0.15) is 10.0 Å². The van der Waals surface area contributed by atoms with Crippen molar-refractivity contribution in [3.63, 3.8) is 0 Å². The summed E-state index contributed by atoms with van der Waals surface area (Å²) in [5.74, 6) is 0. The van der Waals surface area contributed by atoms with Gasteiger partial charge < -0.3 is 5.32 Å². The highest BCUT2D eigenvalue weighted by Gasteiger charge is 2.09. The lowest BCUT2D eigenvalue weighted by Gasteiger charge is -2.01. The number of rotatable bonds is 6. The van der Waals surface area contributed by atoms with E-state index in [9.17, 15) is 0 Å². The van der Waals surface area contributed by atoms with E-state index in [1.165, 1.54) is 0 Å². The molecular formula is C14H20N4S. The summed E-state index contributed by atoms with van der Waals surface area (Å²) in [7, 11) is 0. The fraction of sp³-hybridized carbons (Fsp3) is 0.500. The van der Waals surface area contributed by atoms with Gasteiger partial charge >= 0.3 is 0 Å². The highest BCUT2D eigenvalue weighted by atomic mass is 32.1. The number of hydrogen-bond donors (Lipinski definition) is 1. The average molecular weight is 276 g/mol. The van der Waals surface area contributed by atoms with Crippen LogP contribution in [0.4, 0.5) is 0 Å². The van der Waals surface area contributed by atoms with Crippen molar-refractivity contribution < 1.29 is 0 Å². The molecule has 0 saturated carbocycles. The van der Waals surface area contributed by atoms with Gasteiger partial charge in [-0.2, -0.15) is 0 Å². The number of nitrogens with zero attached hydrogens (tertiary/aromatic N) is 3. The van der Waals surface area contributed by atoms with Crippen LogP contribution in [0.3, 0.4) is 0 Å². The van der Waals surface area contributed by atoms with Crippen molar-refractivity contribution >= 4 is 11.3 Å². The van der Waals surface area contributed by atoms with Gasteiger partial charge in [-0.25, -0.2) is 0 Å². The molecule has 5 heteroatoms. The van der Waals surface area contributed by atoms with Gasteiger partial charge in [0.2, 0.25) is 0 Å². The average Bonchev–Trinajstić information content (AvgIpc) is 2.83. The van der Waals surface area contributed by atoms with Gasteiger partial charge in [0.25, 0.3) is 0 Å². The van der Waals surface area contributed by atoms with Crippen LogP contribution in [-0.2, 0) is 6.42 Å². The Morgan fingerprint density at radius 2 is 2.05 bits per heavy atom. The van der Waals surface area contributed by atoms with Crippen LogP contribution in [0.2, 0.25) is 0 Å². The van der Waals surface area contributed by atoms with E-state index in [0.717, 1.165) is 52.9 Å². The summed E-state index contributed by atoms with van der Waals surface area (Å²) in [4.78, 5) is 4.47. The van der Waals surface area contributed by atoms with Crippen molar-refractivity contribution in [3.8, 4) is 10.6 Å². The van der Waals surface area contributed by atoms with Crippen molar-refractivity contribution in [2.24, 2.45) is 0 Å². The zero-order valence-electron chi connectivity index (χ0n) is 11.7. The highest BCUT2D eigenvalue weighted by molar-refractivity contribution is 7.14. The summed E-state index contributed by atoms with van der Waals surface area (Å²) in [6.45, 7) is 8.21. The molecule has 4 nitrogen and oxygen atoms in total. The van der Waals surface area contributed by atoms with Gasteiger partial charge in [-0.05, 0) is 45.5 Å². The summed E-state index contributed by atoms with van der Waals surface area (Å²) < 4.78 is 0. The second-order valence-corrected chi connectivity index (χ2v) is 5.61. The van der Waals surface area contributed by atoms with Crippen LogP contribution in [0.1, 0.15) is 29.7 Å². The number of aryl methyl sites for hydroxylation is 3. The minimum absolute atomic E-state index is 0.975. The van der Waals surface area contributed by atoms with E-state index in [1.807, 2.05) is 19.9 Å². The number of pyridine rings is 1. The molecule has 0 atom stereocenters. The molecule has 0 fully saturated rings. The van der Waals surface area contributed by atoms with Crippen LogP contribution in [0, 0.1) is 13.8 Å². The van der Waals surface area contributed by atoms with Crippen molar-refractivity contribution in [3.05, 3.63) is 28.5 Å². The molecule has 0 saturated heterocycles. The predicted octanol–water partition coefficient (Wildman–Crippen LogP) is 2.76. The van der Waals surface area contributed by atoms with E-state index < -0.39 is 0 Å². The molecular weight excluding hydrogens is 256 g/mol. The van der Waals surface area contributed by atoms with Crippen molar-refractivity contribution in [2.75, 3.05) is 13.1 Å². The third kappa shape index (κ3) is 3.81. The second kappa shape index (κ2) is 6.73. The van der Waals surface area contributed by atoms with E-state index in [0.29, 0.717) is 0 Å². The van der Waals surface area contributed by atoms with E-state index in [1.54, 1.807) is 11.3 Å². The fourth-order valence-corrected chi connectivity index (χ4v) is 2.88. The van der Waals surface area contributed by atoms with Crippen molar-refractivity contribution in [1.29, 1.82) is 0 Å². The molecule has 0 radical (unpaired) electrons. The van der Waals surface area contributed by atoms with E-state index in [2.05, 4.69) is 33.5 Å². The molecule has 0 aliphatic carbocycles. The zero-order chi connectivity index (χ0) is 13.7. The van der Waals surface area contributed by atoms with E-state index in [4.69, 9.17) is 0 Å². The first-order valence-electron chi connectivity index (χ1n) is 6.68. The number of nitrogens with one attached hydrogen (secondary N) is 1. The van der Waals surface area contributed by atoms with Crippen LogP contribution in [0.5, 0.6) is 0 Å². The summed E-state index contributed by atoms with van der Waals surface area (Å²) in [5, 5.41) is 13.9. The van der Waals surface area contributed by atoms with Crippen LogP contribution in [-0.4, -0.2) is 28.3 Å². The van der Waals surface area contributed by atoms with Crippen LogP contribution in [0.25, 0.3) is 10.6 Å². The maximum Gasteiger partial charge on any atom is 0.149 e. The summed E-state index contributed by atoms with van der Waals surface area (Å²) in [6.07, 6.45) is 2.09. The predicted molar refractivity (Wildman–Crippen MR) is 79.5 cm³/mol. The summed E-state index contributed by atoms with van der Waals surface area (Å²) in [6, 6.07) is 4.11. The van der Waals surface area contributed by atoms with Gasteiger partial charge in [-0.1, -0.05) is 18.3 Å². The normalized spacial score (nSPS) is 10.9. The quantitative estimate of drug-likeness (QED) is 0.824. The van der Waals surface area contributed by atoms with Crippen LogP contribution in [0.15, 0.2) is 12.1 Å². The second-order valence-electron chi connectivity index (χ2n) is 4.54. The molecule has 2 aromatic rings. The Hall–Kier alpha value is -1.33. The SMILES string of the molecule is CCNCCCc1nnc(-c2ccc(C)nc2C)s1. The molecule has 0 amide bonds. The molecule has 0 aliphatic heterocycles. The Bertz CT molecular complexity index is 536. The maximum absolute atomic E-state index is 4.47. The third-order valence-electron chi connectivity index (χ3n) is 2.92. The molecule has 0 aliphatic rings. The molecule has 2 heterocycles. The standard InChI is InChI=1S/C14H20N4S/c1-4-15-9-5-6-13-17-18-14(19-13)12-8-7-10(2)16-11(12)3/h7-8,15H,4-6,9H2,1-3H3. The minimum atomic E-state index is 0.975. The molecule has 2 aromatic heterocycles. The first kappa shape index (κ1) is 14.1. The molecule has 102 valence electrons. The molecule has 0 bridgehead atoms. The first-order valence-corrected chi connectivity index (χ1v) is 7.50. The van der Waals surface area contributed by atoms with Gasteiger partial charge in [0.15, 0.2) is 0 Å². The lowest BCUT2D eigenvalue weighted by Crippen LogP contribution is -2.14. The fourth-order valence-electron chi connectivity index (χ4n) is 1.92. The van der Waals surface area contributed by atoms with Gasteiger partial charge in [-0.15, -0.1) is 10.2 Å². The van der Waals surface area contributed by atoms with Gasteiger partial charge in [-0.3, -0.25) is 4.98 Å². The summed E-state index contributed by atoms with van der Waals surface area (Å²) in [5.41, 5.74) is 3.16. The Balaban J connectivity index is 2.04. The smallest absolute Gasteiger partial charge is 0.149 e. The Morgan fingerprint density at radius 3 is 2.79 bits per heavy atom. The molecule has 0 spiro atoms. The van der Waals surface area contributed by atoms with Crippen molar-refractivity contribution in [1.82, 2.24) is 20.5 Å². The molecule has 0 unspecified atom stereocenters. The Morgan fingerprint density at radius 1 is 1.21 bits per heavy atom. The molecule has 1 N–H and O–H groups in total. The van der Waals surface area contributed by atoms with E-state index in [-0.39, 0.29) is 0 Å². The topological polar surface area (TPSA) is 50.7 Å². The molecule has 19 heavy (non-hydrogen) atoms. The van der Waals surface area contributed by atoms with Gasteiger partial charge in [0, 0.05) is 23.4 Å². The third-order valence-corrected chi connectivity index (χ3v) is 3.93. The highest BCUT2D eigenvalue weighted by Crippen LogP contribution is 2.26. The van der Waals surface area contributed by atoms with Crippen LogP contribution < -0.4 is 5.32 Å². The lowest BCUT2D eigenvalue weighted by atomic mass is 10.2. The molecule has 2 rings (SSSR count). The van der Waals surface area contributed by atoms with Crippen molar-refractivity contribution in [2.45, 2.75) is 33.6 Å².